The van der Waals surface area contributed by atoms with Gasteiger partial charge in [-0.1, -0.05) is 0 Å². The Balaban J connectivity index is 5.39. The van der Waals surface area contributed by atoms with E-state index in [9.17, 15) is 66.3 Å². The van der Waals surface area contributed by atoms with E-state index in [2.05, 4.69) is 9.47 Å². The number of carbonyl (C=O) groups excluding carboxylic acids is 1. The average molecular weight is 454 g/mol. The van der Waals surface area contributed by atoms with Crippen molar-refractivity contribution in [1.29, 1.82) is 0 Å². The second-order valence-electron chi connectivity index (χ2n) is 5.08. The highest BCUT2D eigenvalue weighted by Crippen LogP contribution is 2.38. The fraction of sp³-hybridized carbons (Fsp3) is 0.909. The van der Waals surface area contributed by atoms with Gasteiger partial charge in [-0.15, -0.1) is 0 Å². The molecule has 0 aromatic rings. The van der Waals surface area contributed by atoms with Crippen LogP contribution in [0.15, 0.2) is 0 Å². The number of hydrogen-bond donors (Lipinski definition) is 0. The molecule has 28 heavy (non-hydrogen) atoms. The maximum Gasteiger partial charge on any atom is 0.509 e. The van der Waals surface area contributed by atoms with Crippen LogP contribution in [0.25, 0.3) is 0 Å². The quantitative estimate of drug-likeness (QED) is 0.355. The Kier molecular flexibility index (Phi) is 8.22. The fourth-order valence-electron chi connectivity index (χ4n) is 1.38. The van der Waals surface area contributed by atoms with Crippen molar-refractivity contribution in [3.8, 4) is 0 Å². The lowest BCUT2D eigenvalue weighted by molar-refractivity contribution is -0.258. The summed E-state index contributed by atoms with van der Waals surface area (Å²) in [6.45, 7) is 0. The summed E-state index contributed by atoms with van der Waals surface area (Å²) in [5.41, 5.74) is 0. The molecule has 2 unspecified atom stereocenters. The van der Waals surface area contributed by atoms with E-state index < -0.39 is 68.3 Å². The first-order chi connectivity index (χ1) is 12.2. The summed E-state index contributed by atoms with van der Waals surface area (Å²) < 4.78 is 179. The van der Waals surface area contributed by atoms with Gasteiger partial charge in [0, 0.05) is 0 Å². The first-order valence-electron chi connectivity index (χ1n) is 6.52. The van der Waals surface area contributed by atoms with E-state index in [4.69, 9.17) is 0 Å². The Hall–Kier alpha value is -1.71. The monoisotopic (exact) mass is 454 g/mol. The van der Waals surface area contributed by atoms with Crippen LogP contribution in [-0.2, 0) is 9.47 Å². The summed E-state index contributed by atoms with van der Waals surface area (Å²) in [7, 11) is 0. The molecule has 0 fully saturated rings. The minimum absolute atomic E-state index is 2.94. The molecule has 0 amide bonds. The third-order valence-corrected chi connectivity index (χ3v) is 2.76. The van der Waals surface area contributed by atoms with E-state index in [0.29, 0.717) is 0 Å². The van der Waals surface area contributed by atoms with Crippen molar-refractivity contribution >= 4 is 6.16 Å². The standard InChI is InChI=1S/C11H8F14O3/c12-5(13)8(16,17)1-3(10(20,21)22)27-7(26)28-4(11(23,24)25)2-9(18,19)6(14)15/h3-6H,1-2H2. The molecular weight excluding hydrogens is 446 g/mol. The number of carbonyl (C=O) groups is 1. The van der Waals surface area contributed by atoms with Crippen LogP contribution in [0.1, 0.15) is 12.8 Å². The predicted octanol–water partition coefficient (Wildman–Crippen LogP) is 5.58. The molecule has 17 heteroatoms. The molecule has 0 aliphatic carbocycles. The Morgan fingerprint density at radius 2 is 0.857 bits per heavy atom. The smallest absolute Gasteiger partial charge is 0.421 e. The van der Waals surface area contributed by atoms with Crippen LogP contribution in [0, 0.1) is 0 Å². The molecule has 0 radical (unpaired) electrons. The van der Waals surface area contributed by atoms with Gasteiger partial charge in [-0.25, -0.2) is 39.9 Å². The van der Waals surface area contributed by atoms with Crippen molar-refractivity contribution in [2.45, 2.75) is 62.1 Å². The summed E-state index contributed by atoms with van der Waals surface area (Å²) >= 11 is 0. The van der Waals surface area contributed by atoms with Crippen molar-refractivity contribution in [3.05, 3.63) is 0 Å². The Morgan fingerprint density at radius 1 is 0.607 bits per heavy atom. The molecule has 2 atom stereocenters. The molecule has 0 N–H and O–H groups in total. The van der Waals surface area contributed by atoms with Crippen LogP contribution in [0.5, 0.6) is 0 Å². The summed E-state index contributed by atoms with van der Waals surface area (Å²) in [5.74, 6) is -10.8. The maximum absolute atomic E-state index is 12.7. The molecule has 0 spiro atoms. The lowest BCUT2D eigenvalue weighted by atomic mass is 10.1. The van der Waals surface area contributed by atoms with Crippen molar-refractivity contribution in [2.24, 2.45) is 0 Å². The fourth-order valence-corrected chi connectivity index (χ4v) is 1.38. The molecule has 0 aliphatic heterocycles. The average Bonchev–Trinajstić information content (AvgIpc) is 2.42. The lowest BCUT2D eigenvalue weighted by Gasteiger charge is -2.27. The molecule has 0 saturated carbocycles. The SMILES string of the molecule is O=C(OC(CC(F)(F)C(F)F)C(F)(F)F)OC(CC(F)(F)C(F)F)C(F)(F)F. The van der Waals surface area contributed by atoms with Crippen molar-refractivity contribution in [1.82, 2.24) is 0 Å². The zero-order valence-corrected chi connectivity index (χ0v) is 12.7. The van der Waals surface area contributed by atoms with Gasteiger partial charge in [-0.2, -0.15) is 26.3 Å². The van der Waals surface area contributed by atoms with Crippen molar-refractivity contribution in [3.63, 3.8) is 0 Å². The van der Waals surface area contributed by atoms with E-state index in [1.54, 1.807) is 0 Å². The van der Waals surface area contributed by atoms with Crippen LogP contribution in [0.2, 0.25) is 0 Å². The van der Waals surface area contributed by atoms with Gasteiger partial charge in [0.1, 0.15) is 0 Å². The highest BCUT2D eigenvalue weighted by atomic mass is 19.4. The molecule has 0 heterocycles. The second kappa shape index (κ2) is 8.75. The molecule has 0 aromatic heterocycles. The van der Waals surface area contributed by atoms with Gasteiger partial charge in [0.05, 0.1) is 12.8 Å². The topological polar surface area (TPSA) is 35.5 Å². The highest BCUT2D eigenvalue weighted by Gasteiger charge is 2.55. The first-order valence-corrected chi connectivity index (χ1v) is 6.52. The predicted molar refractivity (Wildman–Crippen MR) is 58.4 cm³/mol. The zero-order valence-electron chi connectivity index (χ0n) is 12.7. The minimum Gasteiger partial charge on any atom is -0.421 e. The van der Waals surface area contributed by atoms with Crippen molar-refractivity contribution < 1.29 is 75.7 Å². The molecule has 3 nitrogen and oxygen atoms in total. The van der Waals surface area contributed by atoms with E-state index in [-0.39, 0.29) is 0 Å². The highest BCUT2D eigenvalue weighted by molar-refractivity contribution is 5.60. The van der Waals surface area contributed by atoms with E-state index >= 15 is 0 Å². The van der Waals surface area contributed by atoms with Crippen LogP contribution >= 0.6 is 0 Å². The second-order valence-corrected chi connectivity index (χ2v) is 5.08. The van der Waals surface area contributed by atoms with Gasteiger partial charge in [0.15, 0.2) is 0 Å². The Labute approximate surface area is 145 Å². The van der Waals surface area contributed by atoms with E-state index in [1.165, 1.54) is 0 Å². The molecule has 0 bridgehead atoms. The molecule has 0 aromatic carbocycles. The normalized spacial score (nSPS) is 16.3. The number of ether oxygens (including phenoxy) is 2. The largest absolute Gasteiger partial charge is 0.509 e. The van der Waals surface area contributed by atoms with Crippen LogP contribution < -0.4 is 0 Å². The Bertz CT molecular complexity index is 468. The van der Waals surface area contributed by atoms with Gasteiger partial charge in [0.2, 0.25) is 12.2 Å². The number of rotatable bonds is 8. The van der Waals surface area contributed by atoms with Crippen LogP contribution in [0.3, 0.4) is 0 Å². The molecular formula is C11H8F14O3. The van der Waals surface area contributed by atoms with Crippen LogP contribution in [0.4, 0.5) is 66.3 Å². The summed E-state index contributed by atoms with van der Waals surface area (Å²) in [4.78, 5) is 11.0. The summed E-state index contributed by atoms with van der Waals surface area (Å²) in [6.07, 6.45) is -38.6. The number of alkyl halides is 14. The lowest BCUT2D eigenvalue weighted by Crippen LogP contribution is -2.45. The van der Waals surface area contributed by atoms with Gasteiger partial charge < -0.3 is 9.47 Å². The Morgan fingerprint density at radius 3 is 1.04 bits per heavy atom. The summed E-state index contributed by atoms with van der Waals surface area (Å²) in [5, 5.41) is 0. The molecule has 0 saturated heterocycles. The molecule has 0 rings (SSSR count). The first kappa shape index (κ1) is 26.3. The van der Waals surface area contributed by atoms with E-state index in [0.717, 1.165) is 0 Å². The number of halogens is 14. The molecule has 168 valence electrons. The third-order valence-electron chi connectivity index (χ3n) is 2.76. The van der Waals surface area contributed by atoms with Gasteiger partial charge in [0.25, 0.3) is 0 Å². The number of hydrogen-bond acceptors (Lipinski definition) is 3. The van der Waals surface area contributed by atoms with Crippen molar-refractivity contribution in [2.75, 3.05) is 0 Å². The van der Waals surface area contributed by atoms with E-state index in [1.807, 2.05) is 0 Å². The third kappa shape index (κ3) is 8.12. The van der Waals surface area contributed by atoms with Gasteiger partial charge >= 0.3 is 43.2 Å². The zero-order chi connectivity index (χ0) is 22.7. The minimum atomic E-state index is -6.00. The van der Waals surface area contributed by atoms with Crippen LogP contribution in [-0.4, -0.2) is 55.4 Å². The maximum atomic E-state index is 12.7. The summed E-state index contributed by atoms with van der Waals surface area (Å²) in [6, 6.07) is 0. The van der Waals surface area contributed by atoms with Gasteiger partial charge in [-0.3, -0.25) is 0 Å². The molecule has 0 aliphatic rings. The van der Waals surface area contributed by atoms with Gasteiger partial charge in [-0.05, 0) is 0 Å².